The molecule has 1 amide bonds. The molecule has 1 atom stereocenters. The number of Topliss-reactive ketones (excluding diaryl/α,β-unsaturated/α-hetero) is 1. The molecule has 0 aromatic heterocycles. The maximum Gasteiger partial charge on any atom is 0.407 e. The number of ketones is 1. The SMILES string of the molecule is CCC[C@@H](NC(=O)OC)C(C)=O. The summed E-state index contributed by atoms with van der Waals surface area (Å²) in [5.41, 5.74) is 0. The molecule has 70 valence electrons. The average molecular weight is 173 g/mol. The minimum Gasteiger partial charge on any atom is -0.453 e. The van der Waals surface area contributed by atoms with Crippen LogP contribution in [0.4, 0.5) is 4.79 Å². The second-order valence-electron chi connectivity index (χ2n) is 2.59. The quantitative estimate of drug-likeness (QED) is 0.692. The molecule has 12 heavy (non-hydrogen) atoms. The highest BCUT2D eigenvalue weighted by atomic mass is 16.5. The fraction of sp³-hybridized carbons (Fsp3) is 0.750. The van der Waals surface area contributed by atoms with Crippen molar-refractivity contribution in [1.82, 2.24) is 5.32 Å². The normalized spacial score (nSPS) is 11.9. The van der Waals surface area contributed by atoms with Crippen LogP contribution >= 0.6 is 0 Å². The van der Waals surface area contributed by atoms with Crippen molar-refractivity contribution < 1.29 is 14.3 Å². The van der Waals surface area contributed by atoms with Gasteiger partial charge in [-0.05, 0) is 13.3 Å². The van der Waals surface area contributed by atoms with E-state index in [9.17, 15) is 9.59 Å². The second kappa shape index (κ2) is 5.57. The van der Waals surface area contributed by atoms with E-state index in [1.807, 2.05) is 6.92 Å². The van der Waals surface area contributed by atoms with Crippen LogP contribution in [0.5, 0.6) is 0 Å². The Bertz CT molecular complexity index is 166. The lowest BCUT2D eigenvalue weighted by Gasteiger charge is -2.13. The summed E-state index contributed by atoms with van der Waals surface area (Å²) in [4.78, 5) is 21.6. The van der Waals surface area contributed by atoms with E-state index in [0.29, 0.717) is 6.42 Å². The summed E-state index contributed by atoms with van der Waals surface area (Å²) in [6, 6.07) is -0.401. The maximum absolute atomic E-state index is 10.9. The van der Waals surface area contributed by atoms with Gasteiger partial charge >= 0.3 is 6.09 Å². The van der Waals surface area contributed by atoms with Gasteiger partial charge in [-0.2, -0.15) is 0 Å². The van der Waals surface area contributed by atoms with E-state index in [1.54, 1.807) is 0 Å². The number of alkyl carbamates (subject to hydrolysis) is 1. The minimum absolute atomic E-state index is 0.0396. The second-order valence-corrected chi connectivity index (χ2v) is 2.59. The van der Waals surface area contributed by atoms with E-state index in [2.05, 4.69) is 10.1 Å². The molecule has 0 unspecified atom stereocenters. The third kappa shape index (κ3) is 3.95. The Morgan fingerprint density at radius 2 is 2.08 bits per heavy atom. The summed E-state index contributed by atoms with van der Waals surface area (Å²) in [6.45, 7) is 3.41. The van der Waals surface area contributed by atoms with Gasteiger partial charge in [0.15, 0.2) is 5.78 Å². The largest absolute Gasteiger partial charge is 0.453 e. The predicted molar refractivity (Wildman–Crippen MR) is 44.9 cm³/mol. The van der Waals surface area contributed by atoms with Gasteiger partial charge in [-0.3, -0.25) is 4.79 Å². The zero-order valence-electron chi connectivity index (χ0n) is 7.72. The number of nitrogens with one attached hydrogen (secondary N) is 1. The van der Waals surface area contributed by atoms with Crippen molar-refractivity contribution in [2.75, 3.05) is 7.11 Å². The highest BCUT2D eigenvalue weighted by Gasteiger charge is 2.15. The van der Waals surface area contributed by atoms with Crippen molar-refractivity contribution in [2.24, 2.45) is 0 Å². The molecule has 0 aliphatic rings. The number of rotatable bonds is 4. The molecule has 0 saturated heterocycles. The summed E-state index contributed by atoms with van der Waals surface area (Å²) >= 11 is 0. The van der Waals surface area contributed by atoms with Gasteiger partial charge in [0, 0.05) is 0 Å². The van der Waals surface area contributed by atoms with Crippen LogP contribution in [-0.4, -0.2) is 25.0 Å². The molecule has 0 bridgehead atoms. The molecule has 0 radical (unpaired) electrons. The van der Waals surface area contributed by atoms with Crippen molar-refractivity contribution in [3.05, 3.63) is 0 Å². The van der Waals surface area contributed by atoms with Crippen LogP contribution in [0.1, 0.15) is 26.7 Å². The highest BCUT2D eigenvalue weighted by molar-refractivity contribution is 5.85. The lowest BCUT2D eigenvalue weighted by Crippen LogP contribution is -2.39. The van der Waals surface area contributed by atoms with E-state index in [1.165, 1.54) is 14.0 Å². The van der Waals surface area contributed by atoms with Crippen LogP contribution in [-0.2, 0) is 9.53 Å². The van der Waals surface area contributed by atoms with Crippen molar-refractivity contribution >= 4 is 11.9 Å². The van der Waals surface area contributed by atoms with Gasteiger partial charge in [-0.25, -0.2) is 4.79 Å². The summed E-state index contributed by atoms with van der Waals surface area (Å²) in [7, 11) is 1.28. The van der Waals surface area contributed by atoms with Crippen LogP contribution in [0.2, 0.25) is 0 Å². The molecule has 4 heteroatoms. The number of methoxy groups -OCH3 is 1. The molecule has 0 aliphatic carbocycles. The molecule has 0 aromatic carbocycles. The third-order valence-electron chi connectivity index (χ3n) is 1.55. The van der Waals surface area contributed by atoms with Gasteiger partial charge in [-0.15, -0.1) is 0 Å². The molecule has 0 fully saturated rings. The minimum atomic E-state index is -0.552. The smallest absolute Gasteiger partial charge is 0.407 e. The van der Waals surface area contributed by atoms with Gasteiger partial charge in [-0.1, -0.05) is 13.3 Å². The Kier molecular flexibility index (Phi) is 5.08. The van der Waals surface area contributed by atoms with Crippen molar-refractivity contribution in [3.8, 4) is 0 Å². The van der Waals surface area contributed by atoms with Crippen LogP contribution in [0.15, 0.2) is 0 Å². The van der Waals surface area contributed by atoms with Crippen LogP contribution in [0.25, 0.3) is 0 Å². The number of hydrogen-bond acceptors (Lipinski definition) is 3. The van der Waals surface area contributed by atoms with E-state index in [4.69, 9.17) is 0 Å². The van der Waals surface area contributed by atoms with E-state index in [-0.39, 0.29) is 5.78 Å². The number of hydrogen-bond donors (Lipinski definition) is 1. The molecule has 1 N–H and O–H groups in total. The molecule has 0 aliphatic heterocycles. The highest BCUT2D eigenvalue weighted by Crippen LogP contribution is 1.97. The summed E-state index contributed by atoms with van der Waals surface area (Å²) < 4.78 is 4.37. The Morgan fingerprint density at radius 1 is 1.50 bits per heavy atom. The Hall–Kier alpha value is -1.06. The lowest BCUT2D eigenvalue weighted by molar-refractivity contribution is -0.119. The molecule has 0 saturated carbocycles. The van der Waals surface area contributed by atoms with E-state index in [0.717, 1.165) is 6.42 Å². The van der Waals surface area contributed by atoms with Crippen molar-refractivity contribution in [2.45, 2.75) is 32.7 Å². The van der Waals surface area contributed by atoms with E-state index < -0.39 is 12.1 Å². The molecular weight excluding hydrogens is 158 g/mol. The van der Waals surface area contributed by atoms with Crippen molar-refractivity contribution in [3.63, 3.8) is 0 Å². The molecule has 4 nitrogen and oxygen atoms in total. The first kappa shape index (κ1) is 10.9. The summed E-state index contributed by atoms with van der Waals surface area (Å²) in [5.74, 6) is -0.0396. The average Bonchev–Trinajstić information content (AvgIpc) is 2.03. The zero-order chi connectivity index (χ0) is 9.56. The Morgan fingerprint density at radius 3 is 2.42 bits per heavy atom. The van der Waals surface area contributed by atoms with Crippen LogP contribution in [0, 0.1) is 0 Å². The topological polar surface area (TPSA) is 55.4 Å². The summed E-state index contributed by atoms with van der Waals surface area (Å²) in [6.07, 6.45) is 0.960. The zero-order valence-corrected chi connectivity index (χ0v) is 7.72. The molecule has 0 spiro atoms. The Balaban J connectivity index is 3.95. The van der Waals surface area contributed by atoms with Gasteiger partial charge in [0.1, 0.15) is 0 Å². The molecule has 0 rings (SSSR count). The predicted octanol–water partition coefficient (Wildman–Crippen LogP) is 1.10. The fourth-order valence-electron chi connectivity index (χ4n) is 0.867. The first-order valence-corrected chi connectivity index (χ1v) is 3.96. The first-order chi connectivity index (χ1) is 5.61. The monoisotopic (exact) mass is 173 g/mol. The summed E-state index contributed by atoms with van der Waals surface area (Å²) in [5, 5.41) is 2.46. The van der Waals surface area contributed by atoms with Gasteiger partial charge < -0.3 is 10.1 Å². The number of amides is 1. The van der Waals surface area contributed by atoms with Gasteiger partial charge in [0.2, 0.25) is 0 Å². The Labute approximate surface area is 72.3 Å². The van der Waals surface area contributed by atoms with Crippen molar-refractivity contribution in [1.29, 1.82) is 0 Å². The molecular formula is C8H15NO3. The number of carbonyl (C=O) groups is 2. The van der Waals surface area contributed by atoms with Crippen LogP contribution in [0.3, 0.4) is 0 Å². The fourth-order valence-corrected chi connectivity index (χ4v) is 0.867. The van der Waals surface area contributed by atoms with Crippen LogP contribution < -0.4 is 5.32 Å². The maximum atomic E-state index is 10.9. The number of ether oxygens (including phenoxy) is 1. The van der Waals surface area contributed by atoms with Gasteiger partial charge in [0.25, 0.3) is 0 Å². The number of carbonyl (C=O) groups excluding carboxylic acids is 2. The lowest BCUT2D eigenvalue weighted by atomic mass is 10.1. The standard InChI is InChI=1S/C8H15NO3/c1-4-5-7(6(2)10)9-8(11)12-3/h7H,4-5H2,1-3H3,(H,9,11)/t7-/m1/s1. The first-order valence-electron chi connectivity index (χ1n) is 3.96. The molecule has 0 aromatic rings. The van der Waals surface area contributed by atoms with Gasteiger partial charge in [0.05, 0.1) is 13.2 Å². The van der Waals surface area contributed by atoms with E-state index >= 15 is 0 Å². The molecule has 0 heterocycles. The third-order valence-corrected chi connectivity index (χ3v) is 1.55.